The fraction of sp³-hybridized carbons (Fsp3) is 0.587. The molecule has 2 aliphatic heterocycles. The molecule has 2 aromatic carbocycles. The summed E-state index contributed by atoms with van der Waals surface area (Å²) in [5, 5.41) is 17.9. The van der Waals surface area contributed by atoms with E-state index in [4.69, 9.17) is 36.9 Å². The fourth-order valence-corrected chi connectivity index (χ4v) is 10.8. The van der Waals surface area contributed by atoms with E-state index < -0.39 is 67.1 Å². The van der Waals surface area contributed by atoms with E-state index in [0.717, 1.165) is 33.8 Å². The Morgan fingerprint density at radius 1 is 0.652 bits per heavy atom. The molecule has 23 heteroatoms. The topological polar surface area (TPSA) is 349 Å². The third kappa shape index (κ3) is 17.3. The number of ether oxygens (including phenoxy) is 3. The van der Waals surface area contributed by atoms with Crippen LogP contribution in [0.3, 0.4) is 0 Å². The van der Waals surface area contributed by atoms with E-state index in [1.54, 1.807) is 27.7 Å². The van der Waals surface area contributed by atoms with Crippen molar-refractivity contribution in [2.75, 3.05) is 13.1 Å². The SMILES string of the molecule is C.CC(=O)C[C@@H](CCCN=C(N)NS(=O)(=O)c1c(C)c(C)c2c(c1C)CC(C)(C)O2)C(=O)O.CC(=O)OC(C)=O.Cc1c(C)c(S(=O)(=O)NC(N)=NCCC[C@H](N)C(=O)O)c(C)c2c1OC(C)(C)C2. The van der Waals surface area contributed by atoms with E-state index in [1.165, 1.54) is 20.8 Å². The molecule has 0 radical (unpaired) electrons. The van der Waals surface area contributed by atoms with Crippen molar-refractivity contribution >= 4 is 61.6 Å². The lowest BCUT2D eigenvalue weighted by Gasteiger charge is -2.19. The van der Waals surface area contributed by atoms with Crippen LogP contribution in [0.1, 0.15) is 133 Å². The van der Waals surface area contributed by atoms with Crippen molar-refractivity contribution in [2.45, 2.75) is 169 Å². The smallest absolute Gasteiger partial charge is 0.320 e. The van der Waals surface area contributed by atoms with Gasteiger partial charge in [-0.15, -0.1) is 0 Å². The molecule has 0 fully saturated rings. The minimum Gasteiger partial charge on any atom is -0.487 e. The van der Waals surface area contributed by atoms with Crippen molar-refractivity contribution < 1.29 is 65.2 Å². The molecule has 388 valence electrons. The molecule has 0 saturated heterocycles. The number of ketones is 1. The van der Waals surface area contributed by atoms with Crippen LogP contribution in [0, 0.1) is 47.5 Å². The molecule has 10 N–H and O–H groups in total. The molecule has 0 saturated carbocycles. The number of rotatable bonds is 16. The van der Waals surface area contributed by atoms with Gasteiger partial charge in [-0.3, -0.25) is 29.2 Å². The van der Waals surface area contributed by atoms with Gasteiger partial charge in [-0.05, 0) is 135 Å². The maximum Gasteiger partial charge on any atom is 0.320 e. The molecule has 0 aromatic heterocycles. The highest BCUT2D eigenvalue weighted by atomic mass is 32.2. The van der Waals surface area contributed by atoms with Crippen LogP contribution in [-0.2, 0) is 61.6 Å². The average Bonchev–Trinajstić information content (AvgIpc) is 3.70. The molecule has 2 aliphatic rings. The summed E-state index contributed by atoms with van der Waals surface area (Å²) in [6, 6.07) is -0.978. The Balaban J connectivity index is 0.000000600. The van der Waals surface area contributed by atoms with Gasteiger partial charge >= 0.3 is 23.9 Å². The van der Waals surface area contributed by atoms with Crippen molar-refractivity contribution in [1.82, 2.24) is 9.44 Å². The maximum atomic E-state index is 13.1. The number of guanidine groups is 2. The Bertz CT molecular complexity index is 2560. The second-order valence-corrected chi connectivity index (χ2v) is 21.3. The van der Waals surface area contributed by atoms with Gasteiger partial charge in [-0.2, -0.15) is 0 Å². The van der Waals surface area contributed by atoms with Gasteiger partial charge in [0.05, 0.1) is 15.7 Å². The number of carbonyl (C=O) groups excluding carboxylic acids is 3. The third-order valence-corrected chi connectivity index (χ3v) is 14.3. The predicted octanol–water partition coefficient (Wildman–Crippen LogP) is 4.22. The van der Waals surface area contributed by atoms with Crippen LogP contribution in [0.4, 0.5) is 0 Å². The Hall–Kier alpha value is -5.81. The Morgan fingerprint density at radius 3 is 1.32 bits per heavy atom. The van der Waals surface area contributed by atoms with Crippen molar-refractivity contribution in [3.8, 4) is 11.5 Å². The first kappa shape index (κ1) is 61.2. The van der Waals surface area contributed by atoms with Gasteiger partial charge in [0.2, 0.25) is 11.9 Å². The highest BCUT2D eigenvalue weighted by molar-refractivity contribution is 7.90. The lowest BCUT2D eigenvalue weighted by atomic mass is 9.94. The summed E-state index contributed by atoms with van der Waals surface area (Å²) in [5.74, 6) is -3.26. The zero-order valence-corrected chi connectivity index (χ0v) is 42.9. The van der Waals surface area contributed by atoms with Gasteiger partial charge < -0.3 is 46.4 Å². The average molecular weight is 1010 g/mol. The number of Topliss-reactive ketones (excluding diaryl/α,β-unsaturated/α-hetero) is 1. The Kier molecular flexibility index (Phi) is 21.9. The molecule has 0 amide bonds. The lowest BCUT2D eigenvalue weighted by Crippen LogP contribution is -2.38. The van der Waals surface area contributed by atoms with Gasteiger partial charge in [-0.25, -0.2) is 26.3 Å². The van der Waals surface area contributed by atoms with Crippen molar-refractivity contribution in [2.24, 2.45) is 33.1 Å². The summed E-state index contributed by atoms with van der Waals surface area (Å²) in [6.07, 6.45) is 2.37. The molecular formula is C46H73N7O14S2. The number of fused-ring (bicyclic) bond motifs is 2. The number of hydrogen-bond acceptors (Lipinski definition) is 15. The number of nitrogens with zero attached hydrogens (tertiary/aromatic N) is 2. The Labute approximate surface area is 406 Å². The monoisotopic (exact) mass is 1010 g/mol. The standard InChI is InChI=1S/C22H33N3O6S.C19H30N4O5S.C4H6O3.CH4/c1-12(26)10-16(20(27)28)8-7-9-24-21(23)25-32(29,30)19-14(3)13(2)18-17(15(19)4)11-22(5,6)31-18;1-10-11(2)16(12(3)13-9-19(4,5)28-15(10)13)29(26,27)23-18(21)22-8-6-7-14(20)17(24)25;1-3(5)7-4(2)6;/h16H,7-11H2,1-6H3,(H,27,28)(H3,23,24,25);14H,6-9,20H2,1-5H3,(H,24,25)(H3,21,22,23);1-2H3;1H4/t16-;14-;;/m10../s1. The molecule has 0 spiro atoms. The summed E-state index contributed by atoms with van der Waals surface area (Å²) >= 11 is 0. The highest BCUT2D eigenvalue weighted by Gasteiger charge is 2.38. The van der Waals surface area contributed by atoms with Crippen molar-refractivity contribution in [3.63, 3.8) is 0 Å². The van der Waals surface area contributed by atoms with E-state index in [9.17, 15) is 40.8 Å². The molecular weight excluding hydrogens is 939 g/mol. The molecule has 2 heterocycles. The summed E-state index contributed by atoms with van der Waals surface area (Å²) < 4.78 is 72.9. The predicted molar refractivity (Wildman–Crippen MR) is 261 cm³/mol. The number of hydrogen-bond donors (Lipinski definition) is 7. The molecule has 0 aliphatic carbocycles. The molecule has 2 atom stereocenters. The minimum atomic E-state index is -3.99. The number of esters is 2. The van der Waals surface area contributed by atoms with Crippen LogP contribution in [-0.4, -0.2) is 99.0 Å². The molecule has 69 heavy (non-hydrogen) atoms. The second-order valence-electron chi connectivity index (χ2n) is 18.1. The maximum absolute atomic E-state index is 13.1. The zero-order chi connectivity index (χ0) is 52.4. The van der Waals surface area contributed by atoms with Crippen LogP contribution < -0.4 is 36.1 Å². The number of nitrogens with two attached hydrogens (primary N) is 3. The highest BCUT2D eigenvalue weighted by Crippen LogP contribution is 2.45. The quantitative estimate of drug-likeness (QED) is 0.0407. The van der Waals surface area contributed by atoms with Crippen LogP contribution in [0.2, 0.25) is 0 Å². The molecule has 0 bridgehead atoms. The number of aliphatic carboxylic acids is 2. The number of carbonyl (C=O) groups is 5. The molecule has 0 unspecified atom stereocenters. The summed E-state index contributed by atoms with van der Waals surface area (Å²) in [7, 11) is -7.93. The fourth-order valence-electron chi connectivity index (χ4n) is 7.77. The third-order valence-electron chi connectivity index (χ3n) is 11.0. The number of benzene rings is 2. The minimum absolute atomic E-state index is 0. The van der Waals surface area contributed by atoms with Gasteiger partial charge in [0.15, 0.2) is 0 Å². The van der Waals surface area contributed by atoms with E-state index in [0.29, 0.717) is 47.9 Å². The number of sulfonamides is 2. The van der Waals surface area contributed by atoms with Gasteiger partial charge in [-0.1, -0.05) is 7.43 Å². The first-order valence-electron chi connectivity index (χ1n) is 21.7. The first-order valence-corrected chi connectivity index (χ1v) is 24.7. The van der Waals surface area contributed by atoms with E-state index in [1.807, 2.05) is 41.5 Å². The van der Waals surface area contributed by atoms with Gasteiger partial charge in [0, 0.05) is 57.3 Å². The number of carboxylic acid groups (broad SMARTS) is 2. The number of carboxylic acids is 2. The second kappa shape index (κ2) is 24.7. The van der Waals surface area contributed by atoms with E-state index >= 15 is 0 Å². The number of nitrogens with one attached hydrogen (secondary N) is 2. The van der Waals surface area contributed by atoms with Crippen molar-refractivity contribution in [1.29, 1.82) is 0 Å². The molecule has 2 aromatic rings. The van der Waals surface area contributed by atoms with Crippen LogP contribution in [0.5, 0.6) is 11.5 Å². The van der Waals surface area contributed by atoms with Gasteiger partial charge in [0.25, 0.3) is 20.0 Å². The first-order chi connectivity index (χ1) is 31.1. The molecule has 4 rings (SSSR count). The van der Waals surface area contributed by atoms with Crippen LogP contribution >= 0.6 is 0 Å². The lowest BCUT2D eigenvalue weighted by molar-refractivity contribution is -0.156. The van der Waals surface area contributed by atoms with E-state index in [-0.39, 0.29) is 67.3 Å². The normalized spacial score (nSPS) is 15.4. The van der Waals surface area contributed by atoms with Crippen molar-refractivity contribution in [3.05, 3.63) is 44.5 Å². The summed E-state index contributed by atoms with van der Waals surface area (Å²) in [4.78, 5) is 61.1. The van der Waals surface area contributed by atoms with Gasteiger partial charge in [0.1, 0.15) is 34.5 Å². The van der Waals surface area contributed by atoms with Crippen LogP contribution in [0.25, 0.3) is 0 Å². The van der Waals surface area contributed by atoms with E-state index in [2.05, 4.69) is 24.2 Å². The largest absolute Gasteiger partial charge is 0.487 e. The summed E-state index contributed by atoms with van der Waals surface area (Å²) in [5.41, 5.74) is 22.0. The number of aliphatic imine (C=N–C) groups is 2. The Morgan fingerprint density at radius 2 is 1.01 bits per heavy atom. The summed E-state index contributed by atoms with van der Waals surface area (Å²) in [6.45, 7) is 22.6. The molecule has 21 nitrogen and oxygen atoms in total. The zero-order valence-electron chi connectivity index (χ0n) is 41.3. The van der Waals surface area contributed by atoms with Crippen LogP contribution in [0.15, 0.2) is 19.8 Å².